The second kappa shape index (κ2) is 7.52. The smallest absolute Gasteiger partial charge is 0.223 e. The first kappa shape index (κ1) is 15.9. The molecule has 0 spiro atoms. The Morgan fingerprint density at radius 3 is 2.95 bits per heavy atom. The van der Waals surface area contributed by atoms with Gasteiger partial charge in [-0.3, -0.25) is 0 Å². The lowest BCUT2D eigenvalue weighted by atomic mass is 10.2. The summed E-state index contributed by atoms with van der Waals surface area (Å²) in [4.78, 5) is 4.25. The van der Waals surface area contributed by atoms with Crippen LogP contribution >= 0.6 is 15.9 Å². The molecule has 0 fully saturated rings. The maximum atomic E-state index is 14.0. The van der Waals surface area contributed by atoms with Crippen molar-refractivity contribution in [2.75, 3.05) is 6.54 Å². The highest BCUT2D eigenvalue weighted by atomic mass is 79.9. The molecule has 0 aliphatic carbocycles. The molecule has 1 aromatic carbocycles. The van der Waals surface area contributed by atoms with E-state index in [-0.39, 0.29) is 11.6 Å². The number of aromatic nitrogens is 1. The molecule has 0 aliphatic heterocycles. The molecule has 3 nitrogen and oxygen atoms in total. The maximum absolute atomic E-state index is 14.0. The minimum absolute atomic E-state index is 0.196. The van der Waals surface area contributed by atoms with E-state index in [4.69, 9.17) is 4.74 Å². The first-order chi connectivity index (χ1) is 10.1. The molecule has 0 unspecified atom stereocenters. The molecular weight excluding hydrogens is 335 g/mol. The van der Waals surface area contributed by atoms with Gasteiger partial charge in [-0.25, -0.2) is 9.37 Å². The Bertz CT molecular complexity index is 619. The van der Waals surface area contributed by atoms with Gasteiger partial charge in [-0.15, -0.1) is 0 Å². The lowest BCUT2D eigenvalue weighted by molar-refractivity contribution is 0.418. The predicted molar refractivity (Wildman–Crippen MR) is 85.1 cm³/mol. The standard InChI is InChI=1S/C16H18BrFN2O/c1-3-7-19-9-12-8-13(17)10-20-16(12)21-14-6-4-5-11(2)15(14)18/h4-6,8,10,19H,3,7,9H2,1-2H3. The quantitative estimate of drug-likeness (QED) is 0.772. The van der Waals surface area contributed by atoms with Gasteiger partial charge in [-0.1, -0.05) is 19.1 Å². The van der Waals surface area contributed by atoms with E-state index in [1.54, 1.807) is 31.3 Å². The molecule has 2 rings (SSSR count). The van der Waals surface area contributed by atoms with E-state index < -0.39 is 0 Å². The monoisotopic (exact) mass is 352 g/mol. The number of aryl methyl sites for hydroxylation is 1. The van der Waals surface area contributed by atoms with Crippen LogP contribution in [-0.4, -0.2) is 11.5 Å². The van der Waals surface area contributed by atoms with E-state index in [1.807, 2.05) is 6.07 Å². The molecule has 5 heteroatoms. The molecular formula is C16H18BrFN2O. The van der Waals surface area contributed by atoms with Gasteiger partial charge in [-0.05, 0) is 53.5 Å². The van der Waals surface area contributed by atoms with Crippen LogP contribution in [0.2, 0.25) is 0 Å². The van der Waals surface area contributed by atoms with Crippen LogP contribution in [0.15, 0.2) is 34.9 Å². The largest absolute Gasteiger partial charge is 0.436 e. The van der Waals surface area contributed by atoms with E-state index in [2.05, 4.69) is 33.2 Å². The molecule has 21 heavy (non-hydrogen) atoms. The van der Waals surface area contributed by atoms with Gasteiger partial charge in [0.1, 0.15) is 0 Å². The van der Waals surface area contributed by atoms with Gasteiger partial charge in [-0.2, -0.15) is 0 Å². The molecule has 0 amide bonds. The zero-order chi connectivity index (χ0) is 15.2. The Hall–Kier alpha value is -1.46. The van der Waals surface area contributed by atoms with Crippen molar-refractivity contribution in [1.29, 1.82) is 0 Å². The fraction of sp³-hybridized carbons (Fsp3) is 0.312. The third-order valence-electron chi connectivity index (χ3n) is 3.00. The van der Waals surface area contributed by atoms with Gasteiger partial charge >= 0.3 is 0 Å². The number of nitrogens with zero attached hydrogens (tertiary/aromatic N) is 1. The summed E-state index contributed by atoms with van der Waals surface area (Å²) in [5, 5.41) is 3.30. The van der Waals surface area contributed by atoms with Gasteiger partial charge in [0, 0.05) is 22.8 Å². The SMILES string of the molecule is CCCNCc1cc(Br)cnc1Oc1cccc(C)c1F. The van der Waals surface area contributed by atoms with Gasteiger partial charge in [0.15, 0.2) is 11.6 Å². The zero-order valence-corrected chi connectivity index (χ0v) is 13.7. The molecule has 0 aliphatic rings. The number of rotatable bonds is 6. The highest BCUT2D eigenvalue weighted by Crippen LogP contribution is 2.28. The molecule has 1 N–H and O–H groups in total. The number of benzene rings is 1. The lowest BCUT2D eigenvalue weighted by Gasteiger charge is -2.12. The van der Waals surface area contributed by atoms with Crippen LogP contribution in [0.1, 0.15) is 24.5 Å². The maximum Gasteiger partial charge on any atom is 0.223 e. The third-order valence-corrected chi connectivity index (χ3v) is 3.43. The molecule has 1 aromatic heterocycles. The van der Waals surface area contributed by atoms with Crippen molar-refractivity contribution in [3.63, 3.8) is 0 Å². The number of hydrogen-bond acceptors (Lipinski definition) is 3. The molecule has 0 saturated heterocycles. The van der Waals surface area contributed by atoms with Crippen molar-refractivity contribution >= 4 is 15.9 Å². The Labute approximate surface area is 132 Å². The third kappa shape index (κ3) is 4.25. The van der Waals surface area contributed by atoms with E-state index >= 15 is 0 Å². The highest BCUT2D eigenvalue weighted by molar-refractivity contribution is 9.10. The second-order valence-corrected chi connectivity index (χ2v) is 5.70. The molecule has 0 bridgehead atoms. The first-order valence-electron chi connectivity index (χ1n) is 6.90. The van der Waals surface area contributed by atoms with Crippen LogP contribution in [0.4, 0.5) is 4.39 Å². The van der Waals surface area contributed by atoms with Crippen molar-refractivity contribution in [2.24, 2.45) is 0 Å². The van der Waals surface area contributed by atoms with Crippen LogP contribution in [-0.2, 0) is 6.54 Å². The summed E-state index contributed by atoms with van der Waals surface area (Å²) in [6.45, 7) is 5.35. The average Bonchev–Trinajstić information content (AvgIpc) is 2.46. The predicted octanol–water partition coefficient (Wildman–Crippen LogP) is 4.58. The Morgan fingerprint density at radius 2 is 2.19 bits per heavy atom. The van der Waals surface area contributed by atoms with Crippen LogP contribution in [0, 0.1) is 12.7 Å². The fourth-order valence-corrected chi connectivity index (χ4v) is 2.27. The summed E-state index contributed by atoms with van der Waals surface area (Å²) in [6, 6.07) is 7.01. The van der Waals surface area contributed by atoms with Crippen molar-refractivity contribution < 1.29 is 9.13 Å². The summed E-state index contributed by atoms with van der Waals surface area (Å²) in [5.74, 6) is 0.266. The molecule has 0 atom stereocenters. The Balaban J connectivity index is 2.24. The van der Waals surface area contributed by atoms with Crippen LogP contribution < -0.4 is 10.1 Å². The normalized spacial score (nSPS) is 10.7. The van der Waals surface area contributed by atoms with Crippen molar-refractivity contribution in [3.8, 4) is 11.6 Å². The number of pyridine rings is 1. The van der Waals surface area contributed by atoms with E-state index in [9.17, 15) is 4.39 Å². The molecule has 0 radical (unpaired) electrons. The van der Waals surface area contributed by atoms with Crippen LogP contribution in [0.25, 0.3) is 0 Å². The fourth-order valence-electron chi connectivity index (χ4n) is 1.89. The first-order valence-corrected chi connectivity index (χ1v) is 7.69. The average molecular weight is 353 g/mol. The van der Waals surface area contributed by atoms with Gasteiger partial charge in [0.25, 0.3) is 0 Å². The summed E-state index contributed by atoms with van der Waals surface area (Å²) >= 11 is 3.40. The number of nitrogens with one attached hydrogen (secondary N) is 1. The Kier molecular flexibility index (Phi) is 5.70. The van der Waals surface area contributed by atoms with Gasteiger partial charge < -0.3 is 10.1 Å². The van der Waals surface area contributed by atoms with Crippen molar-refractivity contribution in [2.45, 2.75) is 26.8 Å². The summed E-state index contributed by atoms with van der Waals surface area (Å²) in [7, 11) is 0. The number of halogens is 2. The van der Waals surface area contributed by atoms with E-state index in [0.717, 1.165) is 23.0 Å². The van der Waals surface area contributed by atoms with Gasteiger partial charge in [0.2, 0.25) is 5.88 Å². The van der Waals surface area contributed by atoms with Crippen LogP contribution in [0.5, 0.6) is 11.6 Å². The summed E-state index contributed by atoms with van der Waals surface area (Å²) in [5.41, 5.74) is 1.44. The second-order valence-electron chi connectivity index (χ2n) is 4.78. The highest BCUT2D eigenvalue weighted by Gasteiger charge is 2.11. The molecule has 2 aromatic rings. The van der Waals surface area contributed by atoms with Gasteiger partial charge in [0.05, 0.1) is 0 Å². The topological polar surface area (TPSA) is 34.2 Å². The van der Waals surface area contributed by atoms with E-state index in [1.165, 1.54) is 0 Å². The lowest BCUT2D eigenvalue weighted by Crippen LogP contribution is -2.14. The van der Waals surface area contributed by atoms with Crippen molar-refractivity contribution in [3.05, 3.63) is 51.9 Å². The van der Waals surface area contributed by atoms with Crippen LogP contribution in [0.3, 0.4) is 0 Å². The van der Waals surface area contributed by atoms with Crippen molar-refractivity contribution in [1.82, 2.24) is 10.3 Å². The zero-order valence-electron chi connectivity index (χ0n) is 12.1. The minimum atomic E-state index is -0.352. The molecule has 112 valence electrons. The number of hydrogen-bond donors (Lipinski definition) is 1. The van der Waals surface area contributed by atoms with E-state index in [0.29, 0.717) is 18.0 Å². The minimum Gasteiger partial charge on any atom is -0.436 e. The molecule has 0 saturated carbocycles. The molecule has 1 heterocycles. The summed E-state index contributed by atoms with van der Waals surface area (Å²) in [6.07, 6.45) is 2.69. The summed E-state index contributed by atoms with van der Waals surface area (Å²) < 4.78 is 20.6. The Morgan fingerprint density at radius 1 is 1.38 bits per heavy atom. The number of ether oxygens (including phenoxy) is 1.